The maximum Gasteiger partial charge on any atom is 0.472 e. The summed E-state index contributed by atoms with van der Waals surface area (Å²) in [6.07, 6.45) is 33.5. The minimum absolute atomic E-state index is 0.0315. The van der Waals surface area contributed by atoms with Crippen LogP contribution in [0.2, 0.25) is 0 Å². The second kappa shape index (κ2) is 32.4. The summed E-state index contributed by atoms with van der Waals surface area (Å²) in [6.45, 7) is 4.14. The van der Waals surface area contributed by atoms with Crippen molar-refractivity contribution < 1.29 is 42.1 Å². The molecule has 10 heteroatoms. The van der Waals surface area contributed by atoms with E-state index in [0.29, 0.717) is 23.9 Å². The Balaban J connectivity index is 3.99. The number of hydrogen-bond acceptors (Lipinski definition) is 7. The quantitative estimate of drug-likeness (QED) is 0.0227. The van der Waals surface area contributed by atoms with Gasteiger partial charge in [0.1, 0.15) is 19.8 Å². The Kier molecular flexibility index (Phi) is 31.4. The van der Waals surface area contributed by atoms with E-state index in [1.807, 2.05) is 28.1 Å². The third-order valence-corrected chi connectivity index (χ3v) is 9.22. The summed E-state index contributed by atoms with van der Waals surface area (Å²) in [5.74, 6) is -0.840. The first kappa shape index (κ1) is 47.5. The molecular formula is C39H75NO8P+. The van der Waals surface area contributed by atoms with Gasteiger partial charge in [-0.1, -0.05) is 128 Å². The van der Waals surface area contributed by atoms with Crippen molar-refractivity contribution >= 4 is 19.8 Å². The van der Waals surface area contributed by atoms with Crippen molar-refractivity contribution in [2.24, 2.45) is 0 Å². The number of rotatable bonds is 35. The molecule has 0 aromatic carbocycles. The molecule has 0 bridgehead atoms. The van der Waals surface area contributed by atoms with Gasteiger partial charge in [-0.15, -0.1) is 0 Å². The zero-order valence-electron chi connectivity index (χ0n) is 32.2. The molecule has 0 saturated heterocycles. The van der Waals surface area contributed by atoms with E-state index in [1.54, 1.807) is 0 Å². The Morgan fingerprint density at radius 3 is 1.65 bits per heavy atom. The lowest BCUT2D eigenvalue weighted by Crippen LogP contribution is -2.37. The van der Waals surface area contributed by atoms with Gasteiger partial charge in [-0.2, -0.15) is 0 Å². The van der Waals surface area contributed by atoms with Crippen LogP contribution < -0.4 is 0 Å². The topological polar surface area (TPSA) is 108 Å². The van der Waals surface area contributed by atoms with Crippen LogP contribution in [0.3, 0.4) is 0 Å². The van der Waals surface area contributed by atoms with Gasteiger partial charge in [0.15, 0.2) is 6.10 Å². The van der Waals surface area contributed by atoms with Gasteiger partial charge in [0, 0.05) is 12.8 Å². The third-order valence-electron chi connectivity index (χ3n) is 8.23. The molecule has 0 rings (SSSR count). The fourth-order valence-corrected chi connectivity index (χ4v) is 5.82. The average molecular weight is 717 g/mol. The van der Waals surface area contributed by atoms with Crippen LogP contribution in [0.1, 0.15) is 162 Å². The average Bonchev–Trinajstić information content (AvgIpc) is 3.04. The summed E-state index contributed by atoms with van der Waals surface area (Å²) in [7, 11) is 1.47. The molecule has 0 aliphatic carbocycles. The van der Waals surface area contributed by atoms with Crippen molar-refractivity contribution in [1.29, 1.82) is 0 Å². The number of nitrogens with zero attached hydrogens (tertiary/aromatic N) is 1. The van der Waals surface area contributed by atoms with E-state index in [9.17, 15) is 19.0 Å². The van der Waals surface area contributed by atoms with Crippen LogP contribution in [-0.4, -0.2) is 74.9 Å². The minimum Gasteiger partial charge on any atom is -0.462 e. The van der Waals surface area contributed by atoms with Crippen molar-refractivity contribution in [3.8, 4) is 0 Å². The normalized spacial score (nSPS) is 14.0. The molecule has 1 N–H and O–H groups in total. The molecule has 0 aliphatic heterocycles. The second-order valence-corrected chi connectivity index (χ2v) is 15.8. The predicted octanol–water partition coefficient (Wildman–Crippen LogP) is 10.4. The number of carbonyl (C=O) groups is 2. The van der Waals surface area contributed by atoms with E-state index >= 15 is 0 Å². The van der Waals surface area contributed by atoms with Gasteiger partial charge in [0.25, 0.3) is 0 Å². The van der Waals surface area contributed by atoms with E-state index in [-0.39, 0.29) is 26.1 Å². The SMILES string of the molecule is CCCCCCC/C=C\C/C=C\CCCCCCCCCCCCCC(=O)OC(COC(=O)CCCC)COP(=O)(O)OCC[N+](C)(C)C. The Labute approximate surface area is 300 Å². The van der Waals surface area contributed by atoms with Gasteiger partial charge in [-0.25, -0.2) is 4.57 Å². The van der Waals surface area contributed by atoms with Crippen LogP contribution in [0, 0.1) is 0 Å². The second-order valence-electron chi connectivity index (χ2n) is 14.3. The highest BCUT2D eigenvalue weighted by Gasteiger charge is 2.27. The highest BCUT2D eigenvalue weighted by Crippen LogP contribution is 2.43. The Bertz CT molecular complexity index is 902. The highest BCUT2D eigenvalue weighted by atomic mass is 31.2. The number of phosphoric acid groups is 1. The lowest BCUT2D eigenvalue weighted by atomic mass is 10.0. The number of ether oxygens (including phenoxy) is 2. The fourth-order valence-electron chi connectivity index (χ4n) is 5.08. The molecule has 49 heavy (non-hydrogen) atoms. The molecule has 0 spiro atoms. The minimum atomic E-state index is -4.35. The largest absolute Gasteiger partial charge is 0.472 e. The van der Waals surface area contributed by atoms with Crippen molar-refractivity contribution in [2.75, 3.05) is 47.5 Å². The van der Waals surface area contributed by atoms with Gasteiger partial charge in [0.05, 0.1) is 27.7 Å². The van der Waals surface area contributed by atoms with Gasteiger partial charge in [-0.3, -0.25) is 18.6 Å². The number of phosphoric ester groups is 1. The van der Waals surface area contributed by atoms with E-state index in [2.05, 4.69) is 31.2 Å². The van der Waals surface area contributed by atoms with E-state index < -0.39 is 32.5 Å². The molecule has 0 aromatic heterocycles. The first-order chi connectivity index (χ1) is 23.5. The number of hydrogen-bond donors (Lipinski definition) is 1. The zero-order chi connectivity index (χ0) is 36.5. The lowest BCUT2D eigenvalue weighted by Gasteiger charge is -2.24. The van der Waals surface area contributed by atoms with Crippen molar-refractivity contribution in [2.45, 2.75) is 168 Å². The number of unbranched alkanes of at least 4 members (excludes halogenated alkanes) is 17. The first-order valence-electron chi connectivity index (χ1n) is 19.6. The molecule has 2 atom stereocenters. The van der Waals surface area contributed by atoms with Crippen molar-refractivity contribution in [3.05, 3.63) is 24.3 Å². The van der Waals surface area contributed by atoms with Crippen LogP contribution in [0.4, 0.5) is 0 Å². The summed E-state index contributed by atoms with van der Waals surface area (Å²) in [4.78, 5) is 34.5. The van der Waals surface area contributed by atoms with Gasteiger partial charge in [0.2, 0.25) is 0 Å². The standard InChI is InChI=1S/C39H74NO8P/c1-6-8-10-11-12-13-14-15-16-17-18-19-20-21-22-23-24-25-26-27-28-29-30-32-39(42)48-37(35-45-38(41)31-9-7-2)36-47-49(43,44)46-34-33-40(3,4)5/h14-15,17-18,37H,6-13,16,19-36H2,1-5H3/p+1/b15-14-,18-17-. The molecule has 288 valence electrons. The highest BCUT2D eigenvalue weighted by molar-refractivity contribution is 7.47. The van der Waals surface area contributed by atoms with Crippen LogP contribution >= 0.6 is 7.82 Å². The van der Waals surface area contributed by atoms with E-state index in [1.165, 1.54) is 89.9 Å². The fraction of sp³-hybridized carbons (Fsp3) is 0.846. The number of allylic oxidation sites excluding steroid dienone is 4. The zero-order valence-corrected chi connectivity index (χ0v) is 33.1. The molecule has 0 heterocycles. The molecule has 0 aromatic rings. The van der Waals surface area contributed by atoms with E-state index in [0.717, 1.165) is 32.1 Å². The number of quaternary nitrogens is 1. The van der Waals surface area contributed by atoms with Crippen LogP contribution in [0.15, 0.2) is 24.3 Å². The molecular weight excluding hydrogens is 641 g/mol. The molecule has 9 nitrogen and oxygen atoms in total. The number of likely N-dealkylation sites (N-methyl/N-ethyl adjacent to an activating group) is 1. The molecule has 2 unspecified atom stereocenters. The molecule has 0 aliphatic rings. The van der Waals surface area contributed by atoms with Crippen LogP contribution in [0.25, 0.3) is 0 Å². The molecule has 0 radical (unpaired) electrons. The van der Waals surface area contributed by atoms with Gasteiger partial charge >= 0.3 is 19.8 Å². The molecule has 0 fully saturated rings. The van der Waals surface area contributed by atoms with Crippen LogP contribution in [-0.2, 0) is 32.7 Å². The molecule has 0 amide bonds. The molecule has 0 saturated carbocycles. The summed E-state index contributed by atoms with van der Waals surface area (Å²) in [5.41, 5.74) is 0. The lowest BCUT2D eigenvalue weighted by molar-refractivity contribution is -0.870. The van der Waals surface area contributed by atoms with Gasteiger partial charge < -0.3 is 18.9 Å². The Morgan fingerprint density at radius 1 is 0.633 bits per heavy atom. The predicted molar refractivity (Wildman–Crippen MR) is 201 cm³/mol. The summed E-state index contributed by atoms with van der Waals surface area (Å²) < 4.78 is 33.7. The third kappa shape index (κ3) is 36.1. The van der Waals surface area contributed by atoms with Crippen molar-refractivity contribution in [3.63, 3.8) is 0 Å². The summed E-state index contributed by atoms with van der Waals surface area (Å²) in [6, 6.07) is 0. The summed E-state index contributed by atoms with van der Waals surface area (Å²) in [5, 5.41) is 0. The number of esters is 2. The van der Waals surface area contributed by atoms with Crippen LogP contribution in [0.5, 0.6) is 0 Å². The monoisotopic (exact) mass is 717 g/mol. The smallest absolute Gasteiger partial charge is 0.462 e. The maximum absolute atomic E-state index is 12.5. The Morgan fingerprint density at radius 2 is 1.12 bits per heavy atom. The maximum atomic E-state index is 12.5. The Hall–Kier alpha value is -1.51. The van der Waals surface area contributed by atoms with E-state index in [4.69, 9.17) is 18.5 Å². The van der Waals surface area contributed by atoms with Gasteiger partial charge in [-0.05, 0) is 44.9 Å². The first-order valence-corrected chi connectivity index (χ1v) is 21.1. The number of carbonyl (C=O) groups excluding carboxylic acids is 2. The van der Waals surface area contributed by atoms with Crippen molar-refractivity contribution in [1.82, 2.24) is 0 Å². The summed E-state index contributed by atoms with van der Waals surface area (Å²) >= 11 is 0.